The molecule has 24 heavy (non-hydrogen) atoms. The van der Waals surface area contributed by atoms with E-state index in [1.165, 1.54) is 11.8 Å². The Morgan fingerprint density at radius 1 is 1.38 bits per heavy atom. The Balaban J connectivity index is 2.04. The smallest absolute Gasteiger partial charge is 0.250 e. The standard InChI is InChI=1S/C16H19ClN2O3S2/c1-9(2)15(20)18-16-19(11-5-4-10(3)12(17)6-11)13-7-24(21,22)8-14(13)23-16/h4-6,9,13-14H,7-8H2,1-3H3/t13-,14+/m1/s1. The maximum Gasteiger partial charge on any atom is 0.250 e. The van der Waals surface area contributed by atoms with Crippen LogP contribution < -0.4 is 4.90 Å². The number of carbonyl (C=O) groups excluding carboxylic acids is 1. The van der Waals surface area contributed by atoms with Gasteiger partial charge in [-0.2, -0.15) is 4.99 Å². The lowest BCUT2D eigenvalue weighted by atomic mass is 10.1. The molecule has 1 amide bonds. The molecule has 5 nitrogen and oxygen atoms in total. The minimum atomic E-state index is -3.07. The van der Waals surface area contributed by atoms with Crippen LogP contribution in [-0.4, -0.2) is 42.3 Å². The number of benzene rings is 1. The fourth-order valence-electron chi connectivity index (χ4n) is 2.82. The molecule has 0 N–H and O–H groups in total. The lowest BCUT2D eigenvalue weighted by Gasteiger charge is -2.25. The van der Waals surface area contributed by atoms with E-state index in [4.69, 9.17) is 11.6 Å². The van der Waals surface area contributed by atoms with E-state index in [0.717, 1.165) is 11.3 Å². The van der Waals surface area contributed by atoms with E-state index in [1.807, 2.05) is 24.0 Å². The minimum Gasteiger partial charge on any atom is -0.316 e. The van der Waals surface area contributed by atoms with E-state index in [2.05, 4.69) is 4.99 Å². The fourth-order valence-corrected chi connectivity index (χ4v) is 6.92. The van der Waals surface area contributed by atoms with Crippen LogP contribution in [0, 0.1) is 12.8 Å². The predicted molar refractivity (Wildman–Crippen MR) is 99.8 cm³/mol. The molecule has 2 aliphatic heterocycles. The molecule has 2 atom stereocenters. The maximum absolute atomic E-state index is 12.1. The second kappa shape index (κ2) is 6.35. The summed E-state index contributed by atoms with van der Waals surface area (Å²) in [7, 11) is -3.07. The van der Waals surface area contributed by atoms with Gasteiger partial charge in [-0.1, -0.05) is 43.3 Å². The van der Waals surface area contributed by atoms with Crippen molar-refractivity contribution >= 4 is 50.0 Å². The lowest BCUT2D eigenvalue weighted by Crippen LogP contribution is -2.37. The summed E-state index contributed by atoms with van der Waals surface area (Å²) < 4.78 is 24.0. The van der Waals surface area contributed by atoms with Crippen LogP contribution in [0.5, 0.6) is 0 Å². The summed E-state index contributed by atoms with van der Waals surface area (Å²) in [6.07, 6.45) is 0. The van der Waals surface area contributed by atoms with Crippen molar-refractivity contribution in [1.82, 2.24) is 0 Å². The Bertz CT molecular complexity index is 821. The number of rotatable bonds is 2. The highest BCUT2D eigenvalue weighted by Crippen LogP contribution is 2.41. The summed E-state index contributed by atoms with van der Waals surface area (Å²) in [6, 6.07) is 5.38. The van der Waals surface area contributed by atoms with Crippen molar-refractivity contribution in [2.24, 2.45) is 10.9 Å². The number of aliphatic imine (C=N–C) groups is 1. The highest BCUT2D eigenvalue weighted by Gasteiger charge is 2.49. The van der Waals surface area contributed by atoms with Gasteiger partial charge in [-0.25, -0.2) is 8.42 Å². The van der Waals surface area contributed by atoms with Crippen LogP contribution in [0.25, 0.3) is 0 Å². The number of fused-ring (bicyclic) bond motifs is 1. The highest BCUT2D eigenvalue weighted by molar-refractivity contribution is 8.16. The van der Waals surface area contributed by atoms with Crippen molar-refractivity contribution in [1.29, 1.82) is 0 Å². The SMILES string of the molecule is Cc1ccc(N2C(=NC(=O)C(C)C)S[C@H]3CS(=O)(=O)C[C@H]32)cc1Cl. The second-order valence-corrected chi connectivity index (χ2v) is 10.3. The number of carbonyl (C=O) groups is 1. The Hall–Kier alpha value is -1.05. The molecule has 130 valence electrons. The zero-order valence-corrected chi connectivity index (χ0v) is 16.1. The van der Waals surface area contributed by atoms with Crippen LogP contribution in [0.1, 0.15) is 19.4 Å². The van der Waals surface area contributed by atoms with Crippen molar-refractivity contribution in [2.45, 2.75) is 32.1 Å². The van der Waals surface area contributed by atoms with Gasteiger partial charge in [0.1, 0.15) is 0 Å². The Labute approximate surface area is 151 Å². The number of sulfone groups is 1. The zero-order chi connectivity index (χ0) is 17.6. The summed E-state index contributed by atoms with van der Waals surface area (Å²) in [5.41, 5.74) is 1.72. The van der Waals surface area contributed by atoms with Gasteiger partial charge in [-0.05, 0) is 24.6 Å². The van der Waals surface area contributed by atoms with Gasteiger partial charge in [0, 0.05) is 21.9 Å². The summed E-state index contributed by atoms with van der Waals surface area (Å²) in [5.74, 6) is -0.215. The van der Waals surface area contributed by atoms with Crippen LogP contribution >= 0.6 is 23.4 Å². The number of amidine groups is 1. The summed E-state index contributed by atoms with van der Waals surface area (Å²) in [6.45, 7) is 5.50. The van der Waals surface area contributed by atoms with E-state index in [0.29, 0.717) is 10.2 Å². The molecule has 1 aromatic carbocycles. The van der Waals surface area contributed by atoms with Crippen LogP contribution in [0.2, 0.25) is 5.02 Å². The third-order valence-corrected chi connectivity index (χ3v) is 7.82. The molecular weight excluding hydrogens is 368 g/mol. The Morgan fingerprint density at radius 2 is 2.08 bits per heavy atom. The van der Waals surface area contributed by atoms with E-state index in [1.54, 1.807) is 19.9 Å². The number of hydrogen-bond acceptors (Lipinski definition) is 4. The number of nitrogens with zero attached hydrogens (tertiary/aromatic N) is 2. The first-order chi connectivity index (χ1) is 11.2. The number of anilines is 1. The summed E-state index contributed by atoms with van der Waals surface area (Å²) in [5, 5.41) is 1.07. The molecule has 3 rings (SSSR count). The monoisotopic (exact) mass is 386 g/mol. The highest BCUT2D eigenvalue weighted by atomic mass is 35.5. The topological polar surface area (TPSA) is 66.8 Å². The Kier molecular flexibility index (Phi) is 4.70. The van der Waals surface area contributed by atoms with Gasteiger partial charge in [0.2, 0.25) is 0 Å². The van der Waals surface area contributed by atoms with E-state index in [9.17, 15) is 13.2 Å². The van der Waals surface area contributed by atoms with Gasteiger partial charge in [0.25, 0.3) is 5.91 Å². The third-order valence-electron chi connectivity index (χ3n) is 4.20. The molecule has 2 aliphatic rings. The largest absolute Gasteiger partial charge is 0.316 e. The first kappa shape index (κ1) is 17.8. The van der Waals surface area contributed by atoms with Gasteiger partial charge in [-0.15, -0.1) is 0 Å². The van der Waals surface area contributed by atoms with Gasteiger partial charge in [-0.3, -0.25) is 4.79 Å². The van der Waals surface area contributed by atoms with E-state index < -0.39 is 9.84 Å². The molecule has 1 aromatic rings. The van der Waals surface area contributed by atoms with Crippen molar-refractivity contribution in [3.63, 3.8) is 0 Å². The number of halogens is 1. The molecule has 8 heteroatoms. The molecule has 2 saturated heterocycles. The van der Waals surface area contributed by atoms with Gasteiger partial charge < -0.3 is 4.90 Å². The van der Waals surface area contributed by atoms with E-state index >= 15 is 0 Å². The molecule has 2 fully saturated rings. The normalized spacial score (nSPS) is 27.0. The molecule has 2 heterocycles. The zero-order valence-electron chi connectivity index (χ0n) is 13.7. The van der Waals surface area contributed by atoms with Crippen molar-refractivity contribution < 1.29 is 13.2 Å². The molecule has 0 bridgehead atoms. The minimum absolute atomic E-state index is 0.0745. The van der Waals surface area contributed by atoms with E-state index in [-0.39, 0.29) is 34.6 Å². The van der Waals surface area contributed by atoms with Gasteiger partial charge in [0.05, 0.1) is 17.5 Å². The van der Waals surface area contributed by atoms with Crippen LogP contribution in [0.15, 0.2) is 23.2 Å². The van der Waals surface area contributed by atoms with Crippen molar-refractivity contribution in [3.05, 3.63) is 28.8 Å². The molecule has 0 aromatic heterocycles. The number of hydrogen-bond donors (Lipinski definition) is 0. The molecule has 0 radical (unpaired) electrons. The van der Waals surface area contributed by atoms with Crippen molar-refractivity contribution in [2.75, 3.05) is 16.4 Å². The quantitative estimate of drug-likeness (QED) is 0.781. The number of thioether (sulfide) groups is 1. The average molecular weight is 387 g/mol. The van der Waals surface area contributed by atoms with Gasteiger partial charge >= 0.3 is 0 Å². The number of aryl methyl sites for hydroxylation is 1. The molecular formula is C16H19ClN2O3S2. The van der Waals surface area contributed by atoms with Crippen LogP contribution in [0.4, 0.5) is 5.69 Å². The molecule has 0 unspecified atom stereocenters. The summed E-state index contributed by atoms with van der Waals surface area (Å²) >= 11 is 7.61. The fraction of sp³-hybridized carbons (Fsp3) is 0.500. The summed E-state index contributed by atoms with van der Waals surface area (Å²) in [4.78, 5) is 18.2. The lowest BCUT2D eigenvalue weighted by molar-refractivity contribution is -0.120. The van der Waals surface area contributed by atoms with Crippen LogP contribution in [0.3, 0.4) is 0 Å². The predicted octanol–water partition coefficient (Wildman–Crippen LogP) is 2.91. The second-order valence-electron chi connectivity index (χ2n) is 6.49. The first-order valence-electron chi connectivity index (χ1n) is 7.73. The Morgan fingerprint density at radius 3 is 2.71 bits per heavy atom. The molecule has 0 aliphatic carbocycles. The van der Waals surface area contributed by atoms with Gasteiger partial charge in [0.15, 0.2) is 15.0 Å². The van der Waals surface area contributed by atoms with Crippen LogP contribution in [-0.2, 0) is 14.6 Å². The average Bonchev–Trinajstić information content (AvgIpc) is 2.93. The molecule has 0 saturated carbocycles. The maximum atomic E-state index is 12.1. The molecule has 0 spiro atoms. The van der Waals surface area contributed by atoms with Crippen molar-refractivity contribution in [3.8, 4) is 0 Å². The third kappa shape index (κ3) is 3.34. The number of amides is 1. The first-order valence-corrected chi connectivity index (χ1v) is 10.8.